The molecule has 2 aliphatic rings. The number of amides is 1. The summed E-state index contributed by atoms with van der Waals surface area (Å²) < 4.78 is 4.79. The molecule has 0 saturated carbocycles. The van der Waals surface area contributed by atoms with Crippen molar-refractivity contribution in [2.45, 2.75) is 25.4 Å². The average molecular weight is 368 g/mol. The van der Waals surface area contributed by atoms with E-state index in [2.05, 4.69) is 10.2 Å². The molecule has 0 aliphatic carbocycles. The molecule has 0 radical (unpaired) electrons. The highest BCUT2D eigenvalue weighted by Gasteiger charge is 2.29. The molecular weight excluding hydrogens is 342 g/mol. The maximum atomic E-state index is 12.1. The fourth-order valence-electron chi connectivity index (χ4n) is 3.61. The van der Waals surface area contributed by atoms with Gasteiger partial charge in [-0.1, -0.05) is 12.1 Å². The summed E-state index contributed by atoms with van der Waals surface area (Å²) in [4.78, 5) is 28.2. The van der Waals surface area contributed by atoms with Crippen molar-refractivity contribution in [1.29, 1.82) is 0 Å². The Labute approximate surface area is 154 Å². The number of piperazine rings is 1. The van der Waals surface area contributed by atoms with Crippen LogP contribution in [0, 0.1) is 0 Å². The number of carbonyl (C=O) groups excluding carboxylic acids is 2. The zero-order chi connectivity index (χ0) is 16.9. The summed E-state index contributed by atoms with van der Waals surface area (Å²) in [7, 11) is 1.40. The van der Waals surface area contributed by atoms with E-state index in [4.69, 9.17) is 4.74 Å². The minimum Gasteiger partial charge on any atom is -0.465 e. The van der Waals surface area contributed by atoms with E-state index in [9.17, 15) is 9.59 Å². The SMILES string of the molecule is COC(=O)c1cccc(CN2CCCC(N3CCNCC3=O)C2)c1.Cl. The van der Waals surface area contributed by atoms with Crippen molar-refractivity contribution in [2.75, 3.05) is 39.8 Å². The molecule has 1 atom stereocenters. The number of benzene rings is 1. The van der Waals surface area contributed by atoms with E-state index < -0.39 is 0 Å². The first-order valence-corrected chi connectivity index (χ1v) is 8.57. The topological polar surface area (TPSA) is 61.9 Å². The number of likely N-dealkylation sites (tertiary alicyclic amines) is 1. The zero-order valence-electron chi connectivity index (χ0n) is 14.6. The van der Waals surface area contributed by atoms with Gasteiger partial charge in [0.25, 0.3) is 0 Å². The van der Waals surface area contributed by atoms with E-state index in [1.165, 1.54) is 7.11 Å². The highest BCUT2D eigenvalue weighted by atomic mass is 35.5. The van der Waals surface area contributed by atoms with E-state index in [1.54, 1.807) is 6.07 Å². The Morgan fingerprint density at radius 3 is 2.96 bits per heavy atom. The molecule has 1 aromatic rings. The fraction of sp³-hybridized carbons (Fsp3) is 0.556. The number of hydrogen-bond donors (Lipinski definition) is 1. The standard InChI is InChI=1S/C18H25N3O3.ClH/c1-24-18(23)15-5-2-4-14(10-15)12-20-8-3-6-16(13-20)21-9-7-19-11-17(21)22;/h2,4-5,10,16,19H,3,6-9,11-13H2,1H3;1H. The summed E-state index contributed by atoms with van der Waals surface area (Å²) in [6.45, 7) is 4.85. The van der Waals surface area contributed by atoms with Gasteiger partial charge in [0.2, 0.25) is 5.91 Å². The predicted octanol–water partition coefficient (Wildman–Crippen LogP) is 1.29. The van der Waals surface area contributed by atoms with Crippen molar-refractivity contribution >= 4 is 24.3 Å². The largest absolute Gasteiger partial charge is 0.465 e. The Balaban J connectivity index is 0.00000225. The van der Waals surface area contributed by atoms with Crippen LogP contribution in [0.15, 0.2) is 24.3 Å². The van der Waals surface area contributed by atoms with Crippen molar-refractivity contribution in [3.8, 4) is 0 Å². The first-order chi connectivity index (χ1) is 11.7. The van der Waals surface area contributed by atoms with Gasteiger partial charge in [-0.25, -0.2) is 4.79 Å². The molecule has 0 bridgehead atoms. The molecule has 6 nitrogen and oxygen atoms in total. The lowest BCUT2D eigenvalue weighted by Crippen LogP contribution is -2.56. The molecule has 1 unspecified atom stereocenters. The summed E-state index contributed by atoms with van der Waals surface area (Å²) in [5.41, 5.74) is 1.69. The number of methoxy groups -OCH3 is 1. The van der Waals surface area contributed by atoms with Gasteiger partial charge in [0.1, 0.15) is 0 Å². The normalized spacial score (nSPS) is 21.6. The van der Waals surface area contributed by atoms with Gasteiger partial charge in [0.05, 0.1) is 19.2 Å². The van der Waals surface area contributed by atoms with Gasteiger partial charge in [-0.15, -0.1) is 12.4 Å². The molecule has 1 N–H and O–H groups in total. The van der Waals surface area contributed by atoms with Gasteiger partial charge in [0.15, 0.2) is 0 Å². The zero-order valence-corrected chi connectivity index (χ0v) is 15.4. The summed E-state index contributed by atoms with van der Waals surface area (Å²) in [6, 6.07) is 7.89. The number of piperidine rings is 1. The van der Waals surface area contributed by atoms with Crippen LogP contribution in [-0.2, 0) is 16.1 Å². The van der Waals surface area contributed by atoms with E-state index >= 15 is 0 Å². The number of ether oxygens (including phenoxy) is 1. The van der Waals surface area contributed by atoms with Crippen molar-refractivity contribution in [3.05, 3.63) is 35.4 Å². The first kappa shape index (κ1) is 19.7. The second-order valence-corrected chi connectivity index (χ2v) is 6.49. The first-order valence-electron chi connectivity index (χ1n) is 8.57. The van der Waals surface area contributed by atoms with E-state index in [-0.39, 0.29) is 24.3 Å². The lowest BCUT2D eigenvalue weighted by atomic mass is 10.0. The summed E-state index contributed by atoms with van der Waals surface area (Å²) in [5.74, 6) is -0.0967. The Morgan fingerprint density at radius 1 is 1.36 bits per heavy atom. The van der Waals surface area contributed by atoms with Crippen LogP contribution in [0.1, 0.15) is 28.8 Å². The molecule has 7 heteroatoms. The Bertz CT molecular complexity index is 611. The second kappa shape index (κ2) is 9.17. The number of rotatable bonds is 4. The van der Waals surface area contributed by atoms with Gasteiger partial charge in [0, 0.05) is 32.2 Å². The highest BCUT2D eigenvalue weighted by Crippen LogP contribution is 2.19. The van der Waals surface area contributed by atoms with Gasteiger partial charge in [-0.2, -0.15) is 0 Å². The molecule has 1 aromatic carbocycles. The summed E-state index contributed by atoms with van der Waals surface area (Å²) in [6.07, 6.45) is 2.17. The van der Waals surface area contributed by atoms with Crippen LogP contribution in [-0.4, -0.2) is 67.6 Å². The number of carbonyl (C=O) groups is 2. The van der Waals surface area contributed by atoms with Crippen LogP contribution in [0.5, 0.6) is 0 Å². The van der Waals surface area contributed by atoms with Gasteiger partial charge < -0.3 is 15.0 Å². The minimum absolute atomic E-state index is 0. The third-order valence-electron chi connectivity index (χ3n) is 4.80. The fourth-order valence-corrected chi connectivity index (χ4v) is 3.61. The maximum Gasteiger partial charge on any atom is 0.337 e. The van der Waals surface area contributed by atoms with Crippen molar-refractivity contribution in [3.63, 3.8) is 0 Å². The molecule has 0 spiro atoms. The number of nitrogens with one attached hydrogen (secondary N) is 1. The van der Waals surface area contributed by atoms with Crippen LogP contribution < -0.4 is 5.32 Å². The number of esters is 1. The Morgan fingerprint density at radius 2 is 2.20 bits per heavy atom. The van der Waals surface area contributed by atoms with Crippen LogP contribution >= 0.6 is 12.4 Å². The molecule has 2 fully saturated rings. The molecule has 3 rings (SSSR count). The molecule has 2 aliphatic heterocycles. The molecule has 25 heavy (non-hydrogen) atoms. The van der Waals surface area contributed by atoms with Crippen LogP contribution in [0.2, 0.25) is 0 Å². The Kier molecular flexibility index (Phi) is 7.23. The number of nitrogens with zero attached hydrogens (tertiary/aromatic N) is 2. The second-order valence-electron chi connectivity index (χ2n) is 6.49. The van der Waals surface area contributed by atoms with Gasteiger partial charge in [-0.3, -0.25) is 9.69 Å². The number of hydrogen-bond acceptors (Lipinski definition) is 5. The average Bonchev–Trinajstić information content (AvgIpc) is 2.62. The molecule has 0 aromatic heterocycles. The Hall–Kier alpha value is -1.63. The molecule has 2 saturated heterocycles. The van der Waals surface area contributed by atoms with Crippen LogP contribution in [0.25, 0.3) is 0 Å². The smallest absolute Gasteiger partial charge is 0.337 e. The predicted molar refractivity (Wildman–Crippen MR) is 97.9 cm³/mol. The van der Waals surface area contributed by atoms with Crippen LogP contribution in [0.4, 0.5) is 0 Å². The third-order valence-corrected chi connectivity index (χ3v) is 4.80. The van der Waals surface area contributed by atoms with Crippen molar-refractivity contribution in [2.24, 2.45) is 0 Å². The molecule has 1 amide bonds. The quantitative estimate of drug-likeness (QED) is 0.812. The lowest BCUT2D eigenvalue weighted by molar-refractivity contribution is -0.135. The maximum absolute atomic E-state index is 12.1. The minimum atomic E-state index is -0.306. The van der Waals surface area contributed by atoms with E-state index in [1.807, 2.05) is 23.1 Å². The number of halogens is 1. The van der Waals surface area contributed by atoms with Crippen molar-refractivity contribution in [1.82, 2.24) is 15.1 Å². The highest BCUT2D eigenvalue weighted by molar-refractivity contribution is 5.89. The van der Waals surface area contributed by atoms with Gasteiger partial charge in [-0.05, 0) is 37.1 Å². The monoisotopic (exact) mass is 367 g/mol. The van der Waals surface area contributed by atoms with Gasteiger partial charge >= 0.3 is 5.97 Å². The van der Waals surface area contributed by atoms with E-state index in [0.29, 0.717) is 18.2 Å². The summed E-state index contributed by atoms with van der Waals surface area (Å²) >= 11 is 0. The lowest BCUT2D eigenvalue weighted by Gasteiger charge is -2.41. The molecule has 2 heterocycles. The summed E-state index contributed by atoms with van der Waals surface area (Å²) in [5, 5.41) is 3.13. The molecule has 138 valence electrons. The van der Waals surface area contributed by atoms with Crippen LogP contribution in [0.3, 0.4) is 0 Å². The van der Waals surface area contributed by atoms with Crippen molar-refractivity contribution < 1.29 is 14.3 Å². The third kappa shape index (κ3) is 4.93. The van der Waals surface area contributed by atoms with E-state index in [0.717, 1.165) is 51.1 Å². The molecular formula is C18H26ClN3O3.